The molecular formula is C16H15N5O. The highest BCUT2D eigenvalue weighted by Gasteiger charge is 2.13. The zero-order chi connectivity index (χ0) is 15.5. The van der Waals surface area contributed by atoms with E-state index in [4.69, 9.17) is 5.73 Å². The Morgan fingerprint density at radius 3 is 2.64 bits per heavy atom. The predicted molar refractivity (Wildman–Crippen MR) is 85.2 cm³/mol. The molecule has 0 aliphatic carbocycles. The van der Waals surface area contributed by atoms with E-state index in [2.05, 4.69) is 15.4 Å². The quantitative estimate of drug-likeness (QED) is 0.776. The van der Waals surface area contributed by atoms with Gasteiger partial charge in [-0.1, -0.05) is 18.2 Å². The number of anilines is 2. The molecule has 0 aliphatic rings. The summed E-state index contributed by atoms with van der Waals surface area (Å²) < 4.78 is 1.69. The number of nitrogens with zero attached hydrogens (tertiary/aromatic N) is 3. The first-order valence-corrected chi connectivity index (χ1v) is 6.74. The van der Waals surface area contributed by atoms with Crippen molar-refractivity contribution in [3.05, 3.63) is 60.6 Å². The molecule has 3 N–H and O–H groups in total. The van der Waals surface area contributed by atoms with Gasteiger partial charge in [0.05, 0.1) is 11.8 Å². The minimum atomic E-state index is -0.290. The van der Waals surface area contributed by atoms with Gasteiger partial charge < -0.3 is 11.1 Å². The lowest BCUT2D eigenvalue weighted by atomic mass is 10.1. The van der Waals surface area contributed by atoms with Crippen LogP contribution in [0.5, 0.6) is 0 Å². The number of hydrogen-bond donors (Lipinski definition) is 2. The van der Waals surface area contributed by atoms with Crippen molar-refractivity contribution >= 4 is 17.4 Å². The molecule has 3 rings (SSSR count). The minimum absolute atomic E-state index is 0.195. The van der Waals surface area contributed by atoms with Crippen molar-refractivity contribution in [2.75, 3.05) is 11.1 Å². The van der Waals surface area contributed by atoms with E-state index in [9.17, 15) is 4.79 Å². The molecule has 6 nitrogen and oxygen atoms in total. The summed E-state index contributed by atoms with van der Waals surface area (Å²) in [5, 5.41) is 6.92. The van der Waals surface area contributed by atoms with E-state index in [0.29, 0.717) is 11.3 Å². The van der Waals surface area contributed by atoms with E-state index in [0.717, 1.165) is 11.1 Å². The van der Waals surface area contributed by atoms with Gasteiger partial charge in [-0.15, -0.1) is 0 Å². The van der Waals surface area contributed by atoms with Crippen LogP contribution in [0.3, 0.4) is 0 Å². The molecule has 0 aliphatic heterocycles. The van der Waals surface area contributed by atoms with Crippen molar-refractivity contribution in [1.29, 1.82) is 0 Å². The largest absolute Gasteiger partial charge is 0.383 e. The van der Waals surface area contributed by atoms with Crippen molar-refractivity contribution in [3.8, 4) is 11.1 Å². The van der Waals surface area contributed by atoms with E-state index < -0.39 is 0 Å². The van der Waals surface area contributed by atoms with Crippen molar-refractivity contribution in [1.82, 2.24) is 14.8 Å². The van der Waals surface area contributed by atoms with E-state index in [1.54, 1.807) is 23.1 Å². The molecule has 0 unspecified atom stereocenters. The highest BCUT2D eigenvalue weighted by Crippen LogP contribution is 2.22. The second-order valence-corrected chi connectivity index (χ2v) is 4.88. The molecule has 0 bridgehead atoms. The molecule has 2 aromatic heterocycles. The molecule has 0 saturated heterocycles. The Labute approximate surface area is 127 Å². The van der Waals surface area contributed by atoms with Crippen LogP contribution in [0.2, 0.25) is 0 Å². The van der Waals surface area contributed by atoms with Crippen LogP contribution in [0.1, 0.15) is 10.4 Å². The normalized spacial score (nSPS) is 10.4. The maximum atomic E-state index is 12.4. The molecule has 22 heavy (non-hydrogen) atoms. The number of nitrogen functional groups attached to an aromatic ring is 1. The van der Waals surface area contributed by atoms with E-state index >= 15 is 0 Å². The second kappa shape index (κ2) is 5.69. The molecule has 0 saturated carbocycles. The summed E-state index contributed by atoms with van der Waals surface area (Å²) in [4.78, 5) is 16.5. The summed E-state index contributed by atoms with van der Waals surface area (Å²) in [7, 11) is 1.83. The van der Waals surface area contributed by atoms with E-state index in [1.165, 1.54) is 0 Å². The Kier molecular flexibility index (Phi) is 3.57. The molecule has 2 heterocycles. The summed E-state index contributed by atoms with van der Waals surface area (Å²) in [6, 6.07) is 10.9. The third-order valence-electron chi connectivity index (χ3n) is 3.23. The Hall–Kier alpha value is -3.15. The lowest BCUT2D eigenvalue weighted by molar-refractivity contribution is 0.102. The van der Waals surface area contributed by atoms with Gasteiger partial charge in [0.25, 0.3) is 5.91 Å². The molecule has 6 heteroatoms. The SMILES string of the molecule is Cn1cc(-c2cnc(N)c(C(=O)Nc3ccccc3)c2)cn1. The van der Waals surface area contributed by atoms with Gasteiger partial charge in [0, 0.05) is 36.3 Å². The van der Waals surface area contributed by atoms with Gasteiger partial charge in [-0.3, -0.25) is 9.48 Å². The number of benzene rings is 1. The molecule has 3 aromatic rings. The fourth-order valence-corrected chi connectivity index (χ4v) is 2.11. The number of aromatic nitrogens is 3. The number of para-hydroxylation sites is 1. The van der Waals surface area contributed by atoms with Gasteiger partial charge in [-0.25, -0.2) is 4.98 Å². The molecular weight excluding hydrogens is 278 g/mol. The van der Waals surface area contributed by atoms with E-state index in [-0.39, 0.29) is 11.7 Å². The van der Waals surface area contributed by atoms with Crippen LogP contribution < -0.4 is 11.1 Å². The number of rotatable bonds is 3. The number of aryl methyl sites for hydroxylation is 1. The van der Waals surface area contributed by atoms with Crippen molar-refractivity contribution in [3.63, 3.8) is 0 Å². The average molecular weight is 293 g/mol. The van der Waals surface area contributed by atoms with Crippen LogP contribution in [-0.4, -0.2) is 20.7 Å². The Morgan fingerprint density at radius 2 is 1.95 bits per heavy atom. The molecule has 0 radical (unpaired) electrons. The number of amides is 1. The van der Waals surface area contributed by atoms with Crippen LogP contribution >= 0.6 is 0 Å². The lowest BCUT2D eigenvalue weighted by Crippen LogP contribution is -2.15. The molecule has 1 amide bonds. The highest BCUT2D eigenvalue weighted by atomic mass is 16.1. The average Bonchev–Trinajstić information content (AvgIpc) is 2.95. The molecule has 1 aromatic carbocycles. The Bertz CT molecular complexity index is 810. The number of pyridine rings is 1. The monoisotopic (exact) mass is 293 g/mol. The molecule has 0 atom stereocenters. The number of nitrogens with two attached hydrogens (primary N) is 1. The smallest absolute Gasteiger partial charge is 0.259 e. The number of nitrogens with one attached hydrogen (secondary N) is 1. The van der Waals surface area contributed by atoms with Gasteiger partial charge in [-0.2, -0.15) is 5.10 Å². The second-order valence-electron chi connectivity index (χ2n) is 4.88. The first kappa shape index (κ1) is 13.8. The highest BCUT2D eigenvalue weighted by molar-refractivity contribution is 6.07. The fraction of sp³-hybridized carbons (Fsp3) is 0.0625. The lowest BCUT2D eigenvalue weighted by Gasteiger charge is -2.08. The summed E-state index contributed by atoms with van der Waals surface area (Å²) >= 11 is 0. The zero-order valence-electron chi connectivity index (χ0n) is 12.0. The zero-order valence-corrected chi connectivity index (χ0v) is 12.0. The molecule has 110 valence electrons. The van der Waals surface area contributed by atoms with Gasteiger partial charge in [0.15, 0.2) is 0 Å². The van der Waals surface area contributed by atoms with Crippen molar-refractivity contribution in [2.24, 2.45) is 7.05 Å². The fourth-order valence-electron chi connectivity index (χ4n) is 2.11. The van der Waals surface area contributed by atoms with Crippen LogP contribution in [0.15, 0.2) is 55.0 Å². The Balaban J connectivity index is 1.91. The maximum absolute atomic E-state index is 12.4. The number of carbonyl (C=O) groups excluding carboxylic acids is 1. The standard InChI is InChI=1S/C16H15N5O/c1-21-10-12(9-19-21)11-7-14(15(17)18-8-11)16(22)20-13-5-3-2-4-6-13/h2-10H,1H3,(H2,17,18)(H,20,22). The van der Waals surface area contributed by atoms with Crippen LogP contribution in [0, 0.1) is 0 Å². The summed E-state index contributed by atoms with van der Waals surface area (Å²) in [6.45, 7) is 0. The van der Waals surface area contributed by atoms with Gasteiger partial charge in [-0.05, 0) is 18.2 Å². The third kappa shape index (κ3) is 2.80. The number of carbonyl (C=O) groups is 1. The first-order chi connectivity index (χ1) is 10.6. The first-order valence-electron chi connectivity index (χ1n) is 6.74. The molecule has 0 fully saturated rings. The van der Waals surface area contributed by atoms with Crippen LogP contribution in [0.25, 0.3) is 11.1 Å². The van der Waals surface area contributed by atoms with Gasteiger partial charge >= 0.3 is 0 Å². The summed E-state index contributed by atoms with van der Waals surface area (Å²) in [5.74, 6) is -0.0944. The van der Waals surface area contributed by atoms with Crippen molar-refractivity contribution in [2.45, 2.75) is 0 Å². The Morgan fingerprint density at radius 1 is 1.18 bits per heavy atom. The van der Waals surface area contributed by atoms with E-state index in [1.807, 2.05) is 43.6 Å². The molecule has 0 spiro atoms. The summed E-state index contributed by atoms with van der Waals surface area (Å²) in [6.07, 6.45) is 5.20. The predicted octanol–water partition coefficient (Wildman–Crippen LogP) is 2.32. The van der Waals surface area contributed by atoms with Crippen LogP contribution in [0.4, 0.5) is 11.5 Å². The minimum Gasteiger partial charge on any atom is -0.383 e. The van der Waals surface area contributed by atoms with Gasteiger partial charge in [0.1, 0.15) is 5.82 Å². The van der Waals surface area contributed by atoms with Crippen molar-refractivity contribution < 1.29 is 4.79 Å². The number of hydrogen-bond acceptors (Lipinski definition) is 4. The summed E-state index contributed by atoms with van der Waals surface area (Å²) in [5.41, 5.74) is 8.55. The maximum Gasteiger partial charge on any atom is 0.259 e. The van der Waals surface area contributed by atoms with Crippen LogP contribution in [-0.2, 0) is 7.05 Å². The third-order valence-corrected chi connectivity index (χ3v) is 3.23. The van der Waals surface area contributed by atoms with Gasteiger partial charge in [0.2, 0.25) is 0 Å². The topological polar surface area (TPSA) is 85.8 Å².